The van der Waals surface area contributed by atoms with Crippen LogP contribution in [0.25, 0.3) is 0 Å². The molecule has 1 aliphatic carbocycles. The molecular formula is C15H21N5O3S. The zero-order valence-electron chi connectivity index (χ0n) is 13.5. The highest BCUT2D eigenvalue weighted by atomic mass is 32.1. The van der Waals surface area contributed by atoms with Gasteiger partial charge in [0.1, 0.15) is 5.00 Å². The molecule has 1 unspecified atom stereocenters. The maximum Gasteiger partial charge on any atom is 0.270 e. The maximum atomic E-state index is 12.5. The van der Waals surface area contributed by atoms with Crippen molar-refractivity contribution in [1.82, 2.24) is 9.88 Å². The zero-order valence-corrected chi connectivity index (χ0v) is 14.3. The summed E-state index contributed by atoms with van der Waals surface area (Å²) < 4.78 is 0. The monoisotopic (exact) mass is 351 g/mol. The van der Waals surface area contributed by atoms with E-state index in [1.807, 2.05) is 4.90 Å². The van der Waals surface area contributed by atoms with Gasteiger partial charge >= 0.3 is 0 Å². The average molecular weight is 351 g/mol. The second kappa shape index (κ2) is 6.76. The van der Waals surface area contributed by atoms with Crippen molar-refractivity contribution in [2.24, 2.45) is 11.7 Å². The number of aromatic nitrogens is 1. The quantitative estimate of drug-likeness (QED) is 0.732. The van der Waals surface area contributed by atoms with Crippen molar-refractivity contribution < 1.29 is 14.4 Å². The van der Waals surface area contributed by atoms with Gasteiger partial charge in [-0.15, -0.1) is 0 Å². The van der Waals surface area contributed by atoms with Crippen LogP contribution in [0.4, 0.5) is 10.1 Å². The molecule has 4 N–H and O–H groups in total. The van der Waals surface area contributed by atoms with Crippen LogP contribution in [0.3, 0.4) is 0 Å². The van der Waals surface area contributed by atoms with E-state index in [-0.39, 0.29) is 30.0 Å². The highest BCUT2D eigenvalue weighted by molar-refractivity contribution is 7.20. The van der Waals surface area contributed by atoms with Gasteiger partial charge in [0.2, 0.25) is 11.8 Å². The minimum Gasteiger partial charge on any atom is -0.365 e. The number of likely N-dealkylation sites (tertiary alicyclic amines) is 1. The Morgan fingerprint density at radius 2 is 2.04 bits per heavy atom. The summed E-state index contributed by atoms with van der Waals surface area (Å²) in [5, 5.41) is 6.36. The predicted molar refractivity (Wildman–Crippen MR) is 90.9 cm³/mol. The van der Waals surface area contributed by atoms with Crippen LogP contribution in [0.5, 0.6) is 0 Å². The molecule has 130 valence electrons. The number of carbonyl (C=O) groups is 3. The lowest BCUT2D eigenvalue weighted by atomic mass is 10.1. The number of amides is 3. The Bertz CT molecular complexity index is 668. The van der Waals surface area contributed by atoms with E-state index in [4.69, 9.17) is 5.73 Å². The van der Waals surface area contributed by atoms with Gasteiger partial charge < -0.3 is 21.3 Å². The van der Waals surface area contributed by atoms with Crippen molar-refractivity contribution in [3.05, 3.63) is 5.69 Å². The minimum absolute atomic E-state index is 0.0367. The molecule has 0 radical (unpaired) electrons. The molecule has 2 aliphatic rings. The molecule has 1 saturated heterocycles. The molecule has 8 nitrogen and oxygen atoms in total. The Morgan fingerprint density at radius 3 is 2.67 bits per heavy atom. The summed E-state index contributed by atoms with van der Waals surface area (Å²) in [5.41, 5.74) is 5.34. The average Bonchev–Trinajstić information content (AvgIpc) is 3.25. The summed E-state index contributed by atoms with van der Waals surface area (Å²) in [6.07, 6.45) is 4.53. The van der Waals surface area contributed by atoms with Crippen LogP contribution in [0.15, 0.2) is 0 Å². The van der Waals surface area contributed by atoms with Crippen molar-refractivity contribution in [2.45, 2.75) is 38.1 Å². The summed E-state index contributed by atoms with van der Waals surface area (Å²) in [4.78, 5) is 42.1. The van der Waals surface area contributed by atoms with Crippen LogP contribution in [0, 0.1) is 5.92 Å². The third kappa shape index (κ3) is 3.21. The fourth-order valence-electron chi connectivity index (χ4n) is 3.37. The van der Waals surface area contributed by atoms with E-state index in [1.54, 1.807) is 7.05 Å². The molecule has 24 heavy (non-hydrogen) atoms. The molecule has 1 aromatic heterocycles. The smallest absolute Gasteiger partial charge is 0.270 e. The molecule has 2 heterocycles. The van der Waals surface area contributed by atoms with E-state index >= 15 is 0 Å². The largest absolute Gasteiger partial charge is 0.365 e. The number of nitrogens with two attached hydrogens (primary N) is 1. The number of hydrogen-bond acceptors (Lipinski definition) is 6. The van der Waals surface area contributed by atoms with Gasteiger partial charge in [0.25, 0.3) is 5.91 Å². The summed E-state index contributed by atoms with van der Waals surface area (Å²) in [5.74, 6) is -1.33. The van der Waals surface area contributed by atoms with E-state index in [2.05, 4.69) is 15.6 Å². The van der Waals surface area contributed by atoms with E-state index in [0.29, 0.717) is 16.7 Å². The zero-order chi connectivity index (χ0) is 17.3. The lowest BCUT2D eigenvalue weighted by Crippen LogP contribution is -2.35. The first kappa shape index (κ1) is 16.7. The van der Waals surface area contributed by atoms with Crippen LogP contribution in [-0.2, 0) is 9.59 Å². The van der Waals surface area contributed by atoms with Gasteiger partial charge in [-0.2, -0.15) is 0 Å². The summed E-state index contributed by atoms with van der Waals surface area (Å²) in [7, 11) is 1.67. The third-order valence-corrected chi connectivity index (χ3v) is 5.59. The normalized spacial score (nSPS) is 21.3. The van der Waals surface area contributed by atoms with Crippen LogP contribution < -0.4 is 16.4 Å². The number of primary amides is 1. The molecule has 1 aliphatic heterocycles. The number of hydrogen-bond donors (Lipinski definition) is 3. The highest BCUT2D eigenvalue weighted by Crippen LogP contribution is 2.32. The lowest BCUT2D eigenvalue weighted by Gasteiger charge is -2.23. The molecular weight excluding hydrogens is 330 g/mol. The van der Waals surface area contributed by atoms with Gasteiger partial charge in [-0.3, -0.25) is 14.4 Å². The van der Waals surface area contributed by atoms with Gasteiger partial charge in [-0.25, -0.2) is 4.98 Å². The predicted octanol–water partition coefficient (Wildman–Crippen LogP) is 1.01. The molecule has 9 heteroatoms. The highest BCUT2D eigenvalue weighted by Gasteiger charge is 2.39. The Hall–Kier alpha value is -2.16. The number of anilines is 2. The van der Waals surface area contributed by atoms with Gasteiger partial charge in [-0.1, -0.05) is 24.2 Å². The second-order valence-corrected chi connectivity index (χ2v) is 7.18. The van der Waals surface area contributed by atoms with Gasteiger partial charge in [0, 0.05) is 26.1 Å². The first-order valence-corrected chi connectivity index (χ1v) is 8.90. The molecule has 0 bridgehead atoms. The van der Waals surface area contributed by atoms with Gasteiger partial charge in [-0.05, 0) is 12.8 Å². The number of nitrogens with one attached hydrogen (secondary N) is 2. The lowest BCUT2D eigenvalue weighted by molar-refractivity contribution is -0.129. The summed E-state index contributed by atoms with van der Waals surface area (Å²) >= 11 is 1.15. The second-order valence-electron chi connectivity index (χ2n) is 6.19. The topological polar surface area (TPSA) is 117 Å². The van der Waals surface area contributed by atoms with Gasteiger partial charge in [0.05, 0.1) is 5.92 Å². The SMILES string of the molecule is CNc1nc(C(N)=O)c(NC(=O)C2CC(=O)N(C3CCCC3)C2)s1. The molecule has 1 atom stereocenters. The Morgan fingerprint density at radius 1 is 1.33 bits per heavy atom. The standard InChI is InChI=1S/C15H21N5O3S/c1-17-15-18-11(12(16)22)14(24-15)19-13(23)8-6-10(21)20(7-8)9-4-2-3-5-9/h8-9H,2-7H2,1H3,(H2,16,22)(H,17,18)(H,19,23). The Kier molecular flexibility index (Phi) is 4.70. The van der Waals surface area contributed by atoms with Gasteiger partial charge in [0.15, 0.2) is 10.8 Å². The fraction of sp³-hybridized carbons (Fsp3) is 0.600. The van der Waals surface area contributed by atoms with Crippen LogP contribution in [0.2, 0.25) is 0 Å². The number of nitrogens with zero attached hydrogens (tertiary/aromatic N) is 2. The Labute approximate surface area is 143 Å². The van der Waals surface area contributed by atoms with Crippen molar-refractivity contribution in [2.75, 3.05) is 24.2 Å². The molecule has 3 rings (SSSR count). The van der Waals surface area contributed by atoms with E-state index in [0.717, 1.165) is 37.0 Å². The van der Waals surface area contributed by atoms with Crippen molar-refractivity contribution in [3.8, 4) is 0 Å². The molecule has 2 fully saturated rings. The van der Waals surface area contributed by atoms with E-state index in [9.17, 15) is 14.4 Å². The van der Waals surface area contributed by atoms with Crippen LogP contribution in [-0.4, -0.2) is 47.2 Å². The minimum atomic E-state index is -0.696. The maximum absolute atomic E-state index is 12.5. The molecule has 0 spiro atoms. The van der Waals surface area contributed by atoms with Crippen LogP contribution in [0.1, 0.15) is 42.6 Å². The molecule has 1 saturated carbocycles. The number of thiazole rings is 1. The molecule has 3 amide bonds. The Balaban J connectivity index is 1.68. The van der Waals surface area contributed by atoms with Crippen LogP contribution >= 0.6 is 11.3 Å². The molecule has 1 aromatic rings. The van der Waals surface area contributed by atoms with E-state index < -0.39 is 11.8 Å². The van der Waals surface area contributed by atoms with Crippen molar-refractivity contribution in [1.29, 1.82) is 0 Å². The first-order chi connectivity index (χ1) is 11.5. The van der Waals surface area contributed by atoms with E-state index in [1.165, 1.54) is 0 Å². The third-order valence-electron chi connectivity index (χ3n) is 4.61. The van der Waals surface area contributed by atoms with Crippen molar-refractivity contribution in [3.63, 3.8) is 0 Å². The van der Waals surface area contributed by atoms with Crippen molar-refractivity contribution >= 4 is 39.2 Å². The summed E-state index contributed by atoms with van der Waals surface area (Å²) in [6.45, 7) is 0.443. The molecule has 0 aromatic carbocycles. The number of rotatable bonds is 5. The summed E-state index contributed by atoms with van der Waals surface area (Å²) in [6, 6.07) is 0.274. The fourth-order valence-corrected chi connectivity index (χ4v) is 4.20. The number of carbonyl (C=O) groups excluding carboxylic acids is 3. The first-order valence-electron chi connectivity index (χ1n) is 8.08.